The quantitative estimate of drug-likeness (QED) is 0.00634. The number of thioether (sulfide) groups is 1. The Morgan fingerprint density at radius 1 is 0.646 bits per heavy atom. The first-order chi connectivity index (χ1) is 52.9. The minimum atomic E-state index is -0.181. The number of rotatable bonds is 20. The van der Waals surface area contributed by atoms with E-state index in [9.17, 15) is 19.2 Å². The Morgan fingerprint density at radius 3 is 1.55 bits per heavy atom. The predicted octanol–water partition coefficient (Wildman–Crippen LogP) is 10.1. The van der Waals surface area contributed by atoms with Crippen molar-refractivity contribution in [1.82, 2.24) is 53.6 Å². The molecule has 0 saturated heterocycles. The van der Waals surface area contributed by atoms with E-state index in [-0.39, 0.29) is 167 Å². The molecule has 0 aliphatic rings. The van der Waals surface area contributed by atoms with Crippen LogP contribution in [0.25, 0.3) is 44.1 Å². The first-order valence-electron chi connectivity index (χ1n) is 32.1. The molecular formula is C77H77ClK2N14O11S8. The van der Waals surface area contributed by atoms with Crippen molar-refractivity contribution in [3.63, 3.8) is 0 Å². The standard InChI is InChI=1S/C23H19N5O2S2.C14H14N2O2S2.C13H11N3OS2.C10H9ClN2O.C8H7NOS.C6H7NOS.CH2O3.2CH4.2K.H/c1-15-5-10-20-24-16(12-21(29)27(20)13-15)14-32-23-26-25-22(19-4-3-11-31-19)28(23)17-6-8-18(30-2)9-7-17;1-18-11-6-4-10(5-7-11)16-14(19)15-9-12(17)13-3-2-8-20-13;1-17-10-6-4-9(5-7-10)16-12(14-15-13(16)18)11-3-2-8-19-11;1-7-2-3-9-12-8(5-11)4-10(14)13(9)6-7;1-10-8-4-2-7(3-5-8)9-6-11;7-4-5(8)6-2-1-3-9-6;2-1-4-3;;;;;/h3-13H,14H2,1-2H3;2-8H,9H2,1H3,(H2,15,16,19);2-8H,1H3,(H,15,18);2-4,6H,5H2,1H3;2-5H,1H3;1-3H,4,7H2;1,3H;2*1H4;;;/q;;;;;;;;;2*+1;-1/p-1. The van der Waals surface area contributed by atoms with Gasteiger partial charge in [-0.1, -0.05) is 63.0 Å². The number of carbonyl (C=O) groups is 3. The van der Waals surface area contributed by atoms with Crippen LogP contribution in [-0.4, -0.2) is 118 Å². The van der Waals surface area contributed by atoms with Gasteiger partial charge in [-0.2, -0.15) is 10.1 Å². The number of methoxy groups -OCH3 is 4. The van der Waals surface area contributed by atoms with Crippen molar-refractivity contribution in [1.29, 1.82) is 0 Å². The summed E-state index contributed by atoms with van der Waals surface area (Å²) in [6, 6.07) is 56.1. The summed E-state index contributed by atoms with van der Waals surface area (Å²) in [6.07, 6.45) is 3.57. The largest absolute Gasteiger partial charge is 1.00 e. The van der Waals surface area contributed by atoms with E-state index in [1.54, 1.807) is 86.1 Å². The number of nitrogens with one attached hydrogen (secondary N) is 3. The molecule has 14 aromatic rings. The van der Waals surface area contributed by atoms with Crippen molar-refractivity contribution in [2.45, 2.75) is 45.5 Å². The minimum Gasteiger partial charge on any atom is -1.00 e. The van der Waals surface area contributed by atoms with Crippen molar-refractivity contribution < 1.29 is 148 Å². The van der Waals surface area contributed by atoms with Gasteiger partial charge in [0, 0.05) is 36.0 Å². The molecule has 0 spiro atoms. The summed E-state index contributed by atoms with van der Waals surface area (Å²) in [4.78, 5) is 74.2. The molecule has 10 aromatic heterocycles. The summed E-state index contributed by atoms with van der Waals surface area (Å²) < 4.78 is 28.1. The molecule has 0 bridgehead atoms. The van der Waals surface area contributed by atoms with E-state index in [1.165, 1.54) is 44.9 Å². The molecule has 0 aliphatic heterocycles. The number of thiophene rings is 4. The van der Waals surface area contributed by atoms with Gasteiger partial charge >= 0.3 is 103 Å². The molecular weight excluding hydrogens is 1670 g/mol. The van der Waals surface area contributed by atoms with Crippen LogP contribution < -0.4 is 154 Å². The summed E-state index contributed by atoms with van der Waals surface area (Å²) in [5, 5.41) is 41.6. The zero-order valence-corrected chi connectivity index (χ0v) is 74.4. The van der Waals surface area contributed by atoms with Crippen molar-refractivity contribution in [3.05, 3.63) is 274 Å². The first kappa shape index (κ1) is 97.6. The number of nitrogens with zero attached hydrogens (tertiary/aromatic N) is 10. The molecule has 0 saturated carbocycles. The second-order valence-electron chi connectivity index (χ2n) is 21.8. The zero-order valence-electron chi connectivity index (χ0n) is 61.9. The van der Waals surface area contributed by atoms with Crippen LogP contribution in [0.5, 0.6) is 23.0 Å². The Bertz CT molecular complexity index is 5470. The number of H-pyrrole nitrogens is 1. The number of halogens is 1. The van der Waals surface area contributed by atoms with E-state index in [4.69, 9.17) is 70.8 Å². The number of aliphatic imine (C=N–C) groups is 1. The van der Waals surface area contributed by atoms with Crippen molar-refractivity contribution in [2.24, 2.45) is 10.7 Å². The van der Waals surface area contributed by atoms with Crippen molar-refractivity contribution in [2.75, 3.05) is 46.8 Å². The molecule has 0 unspecified atom stereocenters. The topological polar surface area (TPSA) is 316 Å². The Hall–Kier alpha value is -7.77. The molecule has 5 N–H and O–H groups in total. The van der Waals surface area contributed by atoms with E-state index in [0.29, 0.717) is 38.3 Å². The summed E-state index contributed by atoms with van der Waals surface area (Å²) in [5.41, 5.74) is 13.1. The maximum absolute atomic E-state index is 12.5. The summed E-state index contributed by atoms with van der Waals surface area (Å²) in [5.74, 6) is 5.60. The fraction of sp³-hybridized carbons (Fsp3) is 0.156. The molecule has 4 aromatic carbocycles. The number of carbonyl (C=O) groups excluding carboxylic acids is 3. The number of aromatic nitrogens is 10. The van der Waals surface area contributed by atoms with Crippen LogP contribution >= 0.6 is 105 Å². The number of ketones is 2. The van der Waals surface area contributed by atoms with Gasteiger partial charge in [0.15, 0.2) is 38.3 Å². The monoisotopic (exact) mass is 1740 g/mol. The average Bonchev–Trinajstić information content (AvgIpc) is 1.56. The molecule has 0 amide bonds. The van der Waals surface area contributed by atoms with Crippen molar-refractivity contribution in [3.8, 4) is 55.8 Å². The first-order valence-corrected chi connectivity index (χ1v) is 38.3. The van der Waals surface area contributed by atoms with E-state index in [0.717, 1.165) is 93.2 Å². The van der Waals surface area contributed by atoms with Crippen LogP contribution in [0.2, 0.25) is 0 Å². The Balaban J connectivity index is 0.000000363. The molecule has 113 heavy (non-hydrogen) atoms. The molecule has 36 heteroatoms. The van der Waals surface area contributed by atoms with E-state index >= 15 is 0 Å². The number of fused-ring (bicyclic) bond motifs is 2. The van der Waals surface area contributed by atoms with Gasteiger partial charge in [-0.3, -0.25) is 47.0 Å². The Labute approximate surface area is 779 Å². The number of aryl methyl sites for hydroxylation is 2. The number of alkyl halides is 1. The second-order valence-corrected chi connectivity index (χ2v) is 27.8. The minimum absolute atomic E-state index is 0. The summed E-state index contributed by atoms with van der Waals surface area (Å²) >= 11 is 28.1. The van der Waals surface area contributed by atoms with Gasteiger partial charge < -0.3 is 46.9 Å². The number of hydrogen-bond acceptors (Lipinski definition) is 26. The number of isothiocyanates is 1. The Kier molecular flexibility index (Phi) is 44.9. The number of thiocarbonyl (C=S) groups is 2. The molecule has 10 heterocycles. The van der Waals surface area contributed by atoms with Gasteiger partial charge in [0.1, 0.15) is 34.3 Å². The molecule has 0 radical (unpaired) electrons. The van der Waals surface area contributed by atoms with Crippen molar-refractivity contribution >= 4 is 156 Å². The number of aromatic amines is 1. The third kappa shape index (κ3) is 30.1. The SMILES string of the molecule is C.C.COc1ccc(-n2c(-c3cccs3)n[nH]c2=S)cc1.COc1ccc(-n2c(SCc3cc(=O)n4cc(C)ccc4n3)nnc2-c2cccs2)cc1.COc1ccc(N=C=S)cc1.COc1ccc(NC(=S)NCC(=O)c2cccs2)cc1.Cc1ccc2nc(CCl)cc(=O)n2c1.NCC(=O)c1cccs1.O=CO[O-].[H-].[K+].[K+]. The van der Waals surface area contributed by atoms with Crippen LogP contribution in [0.15, 0.2) is 236 Å². The van der Waals surface area contributed by atoms with E-state index in [2.05, 4.69) is 68.3 Å². The van der Waals surface area contributed by atoms with Gasteiger partial charge in [0.25, 0.3) is 17.6 Å². The molecule has 578 valence electrons. The molecule has 0 atom stereocenters. The van der Waals surface area contributed by atoms with Gasteiger partial charge in [0.2, 0.25) is 0 Å². The van der Waals surface area contributed by atoms with Gasteiger partial charge in [0.05, 0.1) is 101 Å². The number of hydrogen-bond donors (Lipinski definition) is 4. The number of benzene rings is 4. The number of Topliss-reactive ketones (excluding diaryl/α,β-unsaturated/α-hetero) is 2. The third-order valence-electron chi connectivity index (χ3n) is 14.5. The number of anilines is 1. The van der Waals surface area contributed by atoms with Gasteiger partial charge in [-0.25, -0.2) is 9.97 Å². The third-order valence-corrected chi connectivity index (χ3v) is 19.9. The van der Waals surface area contributed by atoms with Crippen LogP contribution in [0, 0.1) is 18.6 Å². The summed E-state index contributed by atoms with van der Waals surface area (Å²) in [7, 11) is 6.53. The van der Waals surface area contributed by atoms with Crippen LogP contribution in [0.4, 0.5) is 11.4 Å². The smallest absolute Gasteiger partial charge is 1.00 e. The maximum atomic E-state index is 12.5. The predicted molar refractivity (Wildman–Crippen MR) is 454 cm³/mol. The van der Waals surface area contributed by atoms with Gasteiger partial charge in [-0.15, -0.1) is 67.1 Å². The number of pyridine rings is 2. The fourth-order valence-corrected chi connectivity index (χ4v) is 13.6. The fourth-order valence-electron chi connectivity index (χ4n) is 9.31. The molecule has 14 rings (SSSR count). The maximum Gasteiger partial charge on any atom is 1.00 e. The van der Waals surface area contributed by atoms with Crippen LogP contribution in [0.3, 0.4) is 0 Å². The Morgan fingerprint density at radius 2 is 1.10 bits per heavy atom. The number of ether oxygens (including phenoxy) is 4. The second kappa shape index (κ2) is 51.9. The average molecular weight is 1740 g/mol. The number of nitrogens with two attached hydrogens (primary N) is 1. The van der Waals surface area contributed by atoms with Gasteiger partial charge in [-0.05, 0) is 217 Å². The van der Waals surface area contributed by atoms with Crippen LogP contribution in [-0.2, 0) is 21.3 Å². The zero-order chi connectivity index (χ0) is 78.0. The van der Waals surface area contributed by atoms with E-state index < -0.39 is 0 Å². The van der Waals surface area contributed by atoms with Crippen LogP contribution in [0.1, 0.15) is 58.1 Å². The molecule has 0 aliphatic carbocycles. The molecule has 0 fully saturated rings. The normalized spacial score (nSPS) is 9.78. The van der Waals surface area contributed by atoms with E-state index in [1.807, 2.05) is 202 Å². The molecule has 25 nitrogen and oxygen atoms in total. The summed E-state index contributed by atoms with van der Waals surface area (Å²) in [6.45, 7) is 4.00.